The van der Waals surface area contributed by atoms with Crippen molar-refractivity contribution in [3.8, 4) is 6.07 Å². The molecular weight excluding hydrogens is 306 g/mol. The number of benzene rings is 1. The minimum absolute atomic E-state index is 0.0247. The van der Waals surface area contributed by atoms with E-state index in [1.807, 2.05) is 36.4 Å². The summed E-state index contributed by atoms with van der Waals surface area (Å²) in [5, 5.41) is 12.9. The Kier molecular flexibility index (Phi) is 4.94. The third-order valence-corrected chi connectivity index (χ3v) is 4.75. The first kappa shape index (κ1) is 15.6. The number of amides is 1. The van der Waals surface area contributed by atoms with Crippen molar-refractivity contribution < 1.29 is 4.79 Å². The maximum absolute atomic E-state index is 11.9. The molecule has 1 aliphatic carbocycles. The number of rotatable bonds is 5. The van der Waals surface area contributed by atoms with Crippen LogP contribution >= 0.6 is 11.8 Å². The molecule has 0 bridgehead atoms. The third kappa shape index (κ3) is 3.91. The zero-order chi connectivity index (χ0) is 16.1. The van der Waals surface area contributed by atoms with Crippen molar-refractivity contribution in [1.82, 2.24) is 4.98 Å². The van der Waals surface area contributed by atoms with Gasteiger partial charge in [-0.2, -0.15) is 5.26 Å². The van der Waals surface area contributed by atoms with Crippen molar-refractivity contribution in [2.75, 3.05) is 11.1 Å². The van der Waals surface area contributed by atoms with Crippen LogP contribution in [-0.2, 0) is 17.6 Å². The van der Waals surface area contributed by atoms with E-state index < -0.39 is 0 Å². The van der Waals surface area contributed by atoms with E-state index in [0.717, 1.165) is 35.7 Å². The van der Waals surface area contributed by atoms with E-state index in [0.29, 0.717) is 17.7 Å². The van der Waals surface area contributed by atoms with Crippen LogP contribution in [0.15, 0.2) is 41.4 Å². The lowest BCUT2D eigenvalue weighted by Gasteiger charge is -2.07. The molecular formula is C18H17N3OS. The summed E-state index contributed by atoms with van der Waals surface area (Å²) in [7, 11) is 0. The van der Waals surface area contributed by atoms with Crippen molar-refractivity contribution >= 4 is 23.4 Å². The Morgan fingerprint density at radius 3 is 2.91 bits per heavy atom. The number of hydrogen-bond acceptors (Lipinski definition) is 4. The summed E-state index contributed by atoms with van der Waals surface area (Å²) in [5.41, 5.74) is 3.74. The van der Waals surface area contributed by atoms with Gasteiger partial charge in [0, 0.05) is 23.6 Å². The van der Waals surface area contributed by atoms with Gasteiger partial charge in [-0.15, -0.1) is 11.8 Å². The number of carbonyl (C=O) groups is 1. The second-order valence-corrected chi connectivity index (χ2v) is 6.51. The third-order valence-electron chi connectivity index (χ3n) is 3.76. The van der Waals surface area contributed by atoms with Gasteiger partial charge in [-0.05, 0) is 43.0 Å². The highest BCUT2D eigenvalue weighted by Gasteiger charge is 2.16. The molecule has 0 aliphatic heterocycles. The van der Waals surface area contributed by atoms with Crippen LogP contribution in [0.2, 0.25) is 0 Å². The molecule has 0 spiro atoms. The van der Waals surface area contributed by atoms with Gasteiger partial charge in [-0.1, -0.05) is 18.2 Å². The molecule has 116 valence electrons. The number of thioether (sulfide) groups is 1. The minimum atomic E-state index is -0.0247. The Hall–Kier alpha value is -2.32. The summed E-state index contributed by atoms with van der Waals surface area (Å²) in [4.78, 5) is 16.5. The van der Waals surface area contributed by atoms with Crippen LogP contribution in [0.5, 0.6) is 0 Å². The van der Waals surface area contributed by atoms with E-state index in [2.05, 4.69) is 16.4 Å². The molecule has 1 aromatic heterocycles. The van der Waals surface area contributed by atoms with E-state index in [9.17, 15) is 10.1 Å². The van der Waals surface area contributed by atoms with Crippen LogP contribution in [-0.4, -0.2) is 16.6 Å². The monoisotopic (exact) mass is 323 g/mol. The minimum Gasteiger partial charge on any atom is -0.326 e. The van der Waals surface area contributed by atoms with Crippen LogP contribution in [0.1, 0.15) is 29.7 Å². The van der Waals surface area contributed by atoms with Crippen LogP contribution in [0, 0.1) is 11.3 Å². The van der Waals surface area contributed by atoms with Crippen LogP contribution in [0.25, 0.3) is 0 Å². The Bertz CT molecular complexity index is 753. The molecule has 0 saturated carbocycles. The quantitative estimate of drug-likeness (QED) is 0.854. The van der Waals surface area contributed by atoms with E-state index in [4.69, 9.17) is 0 Å². The molecule has 2 aromatic rings. The first-order chi connectivity index (χ1) is 11.3. The number of fused-ring (bicyclic) bond motifs is 1. The Balaban J connectivity index is 1.57. The van der Waals surface area contributed by atoms with Crippen molar-refractivity contribution in [3.63, 3.8) is 0 Å². The predicted octanol–water partition coefficient (Wildman–Crippen LogP) is 3.56. The number of aryl methyl sites for hydroxylation is 2. The fourth-order valence-corrected chi connectivity index (χ4v) is 3.54. The van der Waals surface area contributed by atoms with Crippen LogP contribution < -0.4 is 5.32 Å². The van der Waals surface area contributed by atoms with E-state index in [1.165, 1.54) is 17.3 Å². The van der Waals surface area contributed by atoms with Gasteiger partial charge in [0.15, 0.2) is 0 Å². The first-order valence-electron chi connectivity index (χ1n) is 7.67. The molecule has 4 nitrogen and oxygen atoms in total. The molecule has 0 radical (unpaired) electrons. The van der Waals surface area contributed by atoms with E-state index in [-0.39, 0.29) is 5.91 Å². The number of carbonyl (C=O) groups excluding carboxylic acids is 1. The molecule has 3 rings (SSSR count). The molecule has 1 amide bonds. The predicted molar refractivity (Wildman–Crippen MR) is 91.4 cm³/mol. The zero-order valence-electron chi connectivity index (χ0n) is 12.7. The Labute approximate surface area is 139 Å². The fourth-order valence-electron chi connectivity index (χ4n) is 2.63. The number of pyridine rings is 1. The summed E-state index contributed by atoms with van der Waals surface area (Å²) in [6, 6.07) is 13.6. The average Bonchev–Trinajstić information content (AvgIpc) is 3.02. The molecule has 0 fully saturated rings. The first-order valence-corrected chi connectivity index (χ1v) is 8.65. The number of nitriles is 1. The topological polar surface area (TPSA) is 65.8 Å². The lowest BCUT2D eigenvalue weighted by atomic mass is 10.2. The number of anilines is 1. The SMILES string of the molecule is N#Cc1cc2c(nc1SCCC(=O)Nc1ccccc1)CCC2. The average molecular weight is 323 g/mol. The van der Waals surface area contributed by atoms with Crippen molar-refractivity contribution in [3.05, 3.63) is 53.2 Å². The second kappa shape index (κ2) is 7.30. The number of para-hydroxylation sites is 1. The molecule has 5 heteroatoms. The smallest absolute Gasteiger partial charge is 0.225 e. The summed E-state index contributed by atoms with van der Waals surface area (Å²) in [6.45, 7) is 0. The molecule has 1 N–H and O–H groups in total. The van der Waals surface area contributed by atoms with Crippen molar-refractivity contribution in [2.24, 2.45) is 0 Å². The second-order valence-electron chi connectivity index (χ2n) is 5.42. The Morgan fingerprint density at radius 1 is 1.30 bits per heavy atom. The summed E-state index contributed by atoms with van der Waals surface area (Å²) >= 11 is 1.48. The summed E-state index contributed by atoms with van der Waals surface area (Å²) in [5.74, 6) is 0.586. The molecule has 1 heterocycles. The van der Waals surface area contributed by atoms with Crippen LogP contribution in [0.4, 0.5) is 5.69 Å². The van der Waals surface area contributed by atoms with Crippen LogP contribution in [0.3, 0.4) is 0 Å². The van der Waals surface area contributed by atoms with Crippen molar-refractivity contribution in [1.29, 1.82) is 5.26 Å². The van der Waals surface area contributed by atoms with Gasteiger partial charge in [-0.3, -0.25) is 4.79 Å². The standard InChI is InChI=1S/C18H17N3OS/c19-12-14-11-13-5-4-8-16(13)21-18(14)23-10-9-17(22)20-15-6-2-1-3-7-15/h1-3,6-7,11H,4-5,8-10H2,(H,20,22). The fraction of sp³-hybridized carbons (Fsp3) is 0.278. The summed E-state index contributed by atoms with van der Waals surface area (Å²) < 4.78 is 0. The number of aromatic nitrogens is 1. The van der Waals surface area contributed by atoms with Gasteiger partial charge in [0.1, 0.15) is 11.1 Å². The number of nitrogens with zero attached hydrogens (tertiary/aromatic N) is 2. The van der Waals surface area contributed by atoms with Gasteiger partial charge < -0.3 is 5.32 Å². The number of nitrogens with one attached hydrogen (secondary N) is 1. The zero-order valence-corrected chi connectivity index (χ0v) is 13.5. The number of hydrogen-bond donors (Lipinski definition) is 1. The van der Waals surface area contributed by atoms with Gasteiger partial charge in [0.05, 0.1) is 5.56 Å². The van der Waals surface area contributed by atoms with Gasteiger partial charge in [0.25, 0.3) is 0 Å². The summed E-state index contributed by atoms with van der Waals surface area (Å²) in [6.07, 6.45) is 3.51. The van der Waals surface area contributed by atoms with Crippen molar-refractivity contribution in [2.45, 2.75) is 30.7 Å². The van der Waals surface area contributed by atoms with Gasteiger partial charge in [-0.25, -0.2) is 4.98 Å². The van der Waals surface area contributed by atoms with Gasteiger partial charge >= 0.3 is 0 Å². The molecule has 0 saturated heterocycles. The maximum atomic E-state index is 11.9. The molecule has 23 heavy (non-hydrogen) atoms. The Morgan fingerprint density at radius 2 is 2.13 bits per heavy atom. The molecule has 1 aliphatic rings. The highest BCUT2D eigenvalue weighted by Crippen LogP contribution is 2.28. The molecule has 1 aromatic carbocycles. The van der Waals surface area contributed by atoms with E-state index >= 15 is 0 Å². The highest BCUT2D eigenvalue weighted by molar-refractivity contribution is 7.99. The highest BCUT2D eigenvalue weighted by atomic mass is 32.2. The maximum Gasteiger partial charge on any atom is 0.225 e. The van der Waals surface area contributed by atoms with Gasteiger partial charge in [0.2, 0.25) is 5.91 Å². The lowest BCUT2D eigenvalue weighted by Crippen LogP contribution is -2.12. The molecule has 0 atom stereocenters. The normalized spacial score (nSPS) is 12.5. The molecule has 0 unspecified atom stereocenters. The largest absolute Gasteiger partial charge is 0.326 e. The van der Waals surface area contributed by atoms with E-state index in [1.54, 1.807) is 0 Å². The lowest BCUT2D eigenvalue weighted by molar-refractivity contribution is -0.115.